The van der Waals surface area contributed by atoms with E-state index in [1.54, 1.807) is 12.1 Å². The van der Waals surface area contributed by atoms with E-state index >= 15 is 0 Å². The molecule has 0 spiro atoms. The minimum absolute atomic E-state index is 0.218. The molecule has 102 valence electrons. The van der Waals surface area contributed by atoms with Gasteiger partial charge >= 0.3 is 0 Å². The molecule has 4 heteroatoms. The minimum atomic E-state index is -0.218. The van der Waals surface area contributed by atoms with E-state index in [1.807, 2.05) is 12.3 Å². The van der Waals surface area contributed by atoms with E-state index in [1.165, 1.54) is 6.07 Å². The summed E-state index contributed by atoms with van der Waals surface area (Å²) in [6.45, 7) is 1.17. The van der Waals surface area contributed by atoms with Gasteiger partial charge in [0.15, 0.2) is 0 Å². The smallest absolute Gasteiger partial charge is 0.123 e. The van der Waals surface area contributed by atoms with Crippen LogP contribution in [-0.4, -0.2) is 4.57 Å². The second-order valence-electron chi connectivity index (χ2n) is 4.78. The zero-order valence-electron chi connectivity index (χ0n) is 10.8. The van der Waals surface area contributed by atoms with Crippen LogP contribution in [0.15, 0.2) is 53.1 Å². The lowest BCUT2D eigenvalue weighted by molar-refractivity contribution is 0.623. The Morgan fingerprint density at radius 1 is 1.10 bits per heavy atom. The first kappa shape index (κ1) is 13.3. The second-order valence-corrected chi connectivity index (χ2v) is 5.63. The van der Waals surface area contributed by atoms with E-state index in [9.17, 15) is 4.39 Å². The highest BCUT2D eigenvalue weighted by molar-refractivity contribution is 9.10. The van der Waals surface area contributed by atoms with Gasteiger partial charge in [-0.3, -0.25) is 0 Å². The number of nitrogens with zero attached hydrogens (tertiary/aromatic N) is 1. The third-order valence-corrected chi connectivity index (χ3v) is 4.19. The SMILES string of the molecule is NCc1ccc2c(ccn2Cc2cc(F)ccc2Br)c1. The van der Waals surface area contributed by atoms with Gasteiger partial charge in [-0.2, -0.15) is 0 Å². The molecule has 0 atom stereocenters. The summed E-state index contributed by atoms with van der Waals surface area (Å²) in [6.07, 6.45) is 2.02. The molecule has 0 bridgehead atoms. The third kappa shape index (κ3) is 2.49. The van der Waals surface area contributed by atoms with Crippen LogP contribution in [0, 0.1) is 5.82 Å². The highest BCUT2D eigenvalue weighted by atomic mass is 79.9. The molecule has 0 amide bonds. The zero-order valence-corrected chi connectivity index (χ0v) is 12.4. The van der Waals surface area contributed by atoms with Gasteiger partial charge in [0.25, 0.3) is 0 Å². The molecule has 0 fully saturated rings. The van der Waals surface area contributed by atoms with Gasteiger partial charge in [0.05, 0.1) is 0 Å². The monoisotopic (exact) mass is 332 g/mol. The summed E-state index contributed by atoms with van der Waals surface area (Å²) in [7, 11) is 0. The van der Waals surface area contributed by atoms with Crippen LogP contribution < -0.4 is 5.73 Å². The topological polar surface area (TPSA) is 30.9 Å². The Kier molecular flexibility index (Phi) is 3.59. The molecule has 1 aromatic heterocycles. The van der Waals surface area contributed by atoms with Gasteiger partial charge in [-0.05, 0) is 52.9 Å². The molecule has 0 aliphatic carbocycles. The van der Waals surface area contributed by atoms with Crippen molar-refractivity contribution in [3.8, 4) is 0 Å². The van der Waals surface area contributed by atoms with E-state index < -0.39 is 0 Å². The van der Waals surface area contributed by atoms with Gasteiger partial charge < -0.3 is 10.3 Å². The normalized spacial score (nSPS) is 11.2. The van der Waals surface area contributed by atoms with Crippen LogP contribution in [0.3, 0.4) is 0 Å². The van der Waals surface area contributed by atoms with Crippen molar-refractivity contribution in [1.29, 1.82) is 0 Å². The Bertz CT molecular complexity index is 764. The highest BCUT2D eigenvalue weighted by Crippen LogP contribution is 2.23. The highest BCUT2D eigenvalue weighted by Gasteiger charge is 2.06. The van der Waals surface area contributed by atoms with Crippen molar-refractivity contribution in [1.82, 2.24) is 4.57 Å². The first-order valence-electron chi connectivity index (χ1n) is 6.39. The van der Waals surface area contributed by atoms with Gasteiger partial charge in [0.1, 0.15) is 5.82 Å². The number of benzene rings is 2. The Morgan fingerprint density at radius 3 is 2.75 bits per heavy atom. The number of hydrogen-bond donors (Lipinski definition) is 1. The maximum absolute atomic E-state index is 13.3. The summed E-state index contributed by atoms with van der Waals surface area (Å²) in [5.74, 6) is -0.218. The summed E-state index contributed by atoms with van der Waals surface area (Å²) in [6, 6.07) is 13.0. The van der Waals surface area contributed by atoms with E-state index in [2.05, 4.69) is 38.7 Å². The van der Waals surface area contributed by atoms with Crippen LogP contribution >= 0.6 is 15.9 Å². The first-order chi connectivity index (χ1) is 9.67. The Hall–Kier alpha value is -1.65. The van der Waals surface area contributed by atoms with Crippen molar-refractivity contribution < 1.29 is 4.39 Å². The van der Waals surface area contributed by atoms with Crippen molar-refractivity contribution in [2.75, 3.05) is 0 Å². The van der Waals surface area contributed by atoms with Crippen LogP contribution in [-0.2, 0) is 13.1 Å². The lowest BCUT2D eigenvalue weighted by Gasteiger charge is -2.08. The molecule has 0 saturated heterocycles. The van der Waals surface area contributed by atoms with E-state index in [0.29, 0.717) is 13.1 Å². The Balaban J connectivity index is 2.00. The number of hydrogen-bond acceptors (Lipinski definition) is 1. The van der Waals surface area contributed by atoms with E-state index in [-0.39, 0.29) is 5.82 Å². The zero-order chi connectivity index (χ0) is 14.1. The standard InChI is InChI=1S/C16H14BrFN2/c17-15-3-2-14(18)8-13(15)10-20-6-5-12-7-11(9-19)1-4-16(12)20/h1-8H,9-10,19H2. The average Bonchev–Trinajstić information content (AvgIpc) is 2.85. The molecule has 2 N–H and O–H groups in total. The fourth-order valence-corrected chi connectivity index (χ4v) is 2.73. The molecule has 0 saturated carbocycles. The predicted molar refractivity (Wildman–Crippen MR) is 83.0 cm³/mol. The lowest BCUT2D eigenvalue weighted by Crippen LogP contribution is -2.00. The molecule has 3 rings (SSSR count). The van der Waals surface area contributed by atoms with Crippen LogP contribution in [0.4, 0.5) is 4.39 Å². The fourth-order valence-electron chi connectivity index (χ4n) is 2.36. The number of nitrogens with two attached hydrogens (primary N) is 1. The summed E-state index contributed by atoms with van der Waals surface area (Å²) >= 11 is 3.47. The van der Waals surface area contributed by atoms with Crippen molar-refractivity contribution in [2.45, 2.75) is 13.1 Å². The molecule has 2 aromatic carbocycles. The average molecular weight is 333 g/mol. The maximum Gasteiger partial charge on any atom is 0.123 e. The van der Waals surface area contributed by atoms with Crippen LogP contribution in [0.5, 0.6) is 0 Å². The number of halogens is 2. The van der Waals surface area contributed by atoms with Crippen LogP contribution in [0.25, 0.3) is 10.9 Å². The third-order valence-electron chi connectivity index (χ3n) is 3.42. The molecule has 1 heterocycles. The summed E-state index contributed by atoms with van der Waals surface area (Å²) in [5.41, 5.74) is 8.81. The maximum atomic E-state index is 13.3. The van der Waals surface area contributed by atoms with Gasteiger partial charge in [-0.15, -0.1) is 0 Å². The van der Waals surface area contributed by atoms with Gasteiger partial charge in [-0.1, -0.05) is 22.0 Å². The molecule has 20 heavy (non-hydrogen) atoms. The molecule has 0 radical (unpaired) electrons. The molecule has 0 unspecified atom stereocenters. The largest absolute Gasteiger partial charge is 0.343 e. The van der Waals surface area contributed by atoms with E-state index in [0.717, 1.165) is 26.5 Å². The Labute approximate surface area is 125 Å². The predicted octanol–water partition coefficient (Wildman–Crippen LogP) is 4.05. The van der Waals surface area contributed by atoms with Crippen molar-refractivity contribution in [3.63, 3.8) is 0 Å². The number of aromatic nitrogens is 1. The minimum Gasteiger partial charge on any atom is -0.343 e. The molecule has 3 aromatic rings. The second kappa shape index (κ2) is 5.38. The first-order valence-corrected chi connectivity index (χ1v) is 7.18. The Morgan fingerprint density at radius 2 is 1.95 bits per heavy atom. The summed E-state index contributed by atoms with van der Waals surface area (Å²) < 4.78 is 16.4. The van der Waals surface area contributed by atoms with Gasteiger partial charge in [0, 0.05) is 29.3 Å². The van der Waals surface area contributed by atoms with Crippen molar-refractivity contribution >= 4 is 26.8 Å². The van der Waals surface area contributed by atoms with Crippen molar-refractivity contribution in [3.05, 3.63) is 70.1 Å². The number of fused-ring (bicyclic) bond motifs is 1. The molecular formula is C16H14BrFN2. The number of rotatable bonds is 3. The summed E-state index contributed by atoms with van der Waals surface area (Å²) in [5, 5.41) is 1.15. The molecule has 2 nitrogen and oxygen atoms in total. The lowest BCUT2D eigenvalue weighted by atomic mass is 10.1. The van der Waals surface area contributed by atoms with Crippen LogP contribution in [0.2, 0.25) is 0 Å². The fraction of sp³-hybridized carbons (Fsp3) is 0.125. The van der Waals surface area contributed by atoms with Gasteiger partial charge in [-0.25, -0.2) is 4.39 Å². The van der Waals surface area contributed by atoms with Crippen molar-refractivity contribution in [2.24, 2.45) is 5.73 Å². The molecular weight excluding hydrogens is 319 g/mol. The quantitative estimate of drug-likeness (QED) is 0.770. The van der Waals surface area contributed by atoms with E-state index in [4.69, 9.17) is 5.73 Å². The van der Waals surface area contributed by atoms with Crippen LogP contribution in [0.1, 0.15) is 11.1 Å². The summed E-state index contributed by atoms with van der Waals surface area (Å²) in [4.78, 5) is 0. The molecule has 0 aliphatic heterocycles. The molecule has 0 aliphatic rings. The van der Waals surface area contributed by atoms with Gasteiger partial charge in [0.2, 0.25) is 0 Å².